The van der Waals surface area contributed by atoms with Crippen molar-refractivity contribution in [2.75, 3.05) is 26.0 Å². The molecule has 0 heterocycles. The summed E-state index contributed by atoms with van der Waals surface area (Å²) in [6.45, 7) is 4.77. The fraction of sp³-hybridized carbons (Fsp3) is 0.462. The van der Waals surface area contributed by atoms with E-state index >= 15 is 0 Å². The first kappa shape index (κ1) is 14.3. The molecular weight excluding hydrogens is 232 g/mol. The van der Waals surface area contributed by atoms with Gasteiger partial charge in [0.25, 0.3) is 5.91 Å². The van der Waals surface area contributed by atoms with Crippen molar-refractivity contribution in [3.05, 3.63) is 23.8 Å². The highest BCUT2D eigenvalue weighted by atomic mass is 16.5. The van der Waals surface area contributed by atoms with E-state index < -0.39 is 0 Å². The lowest BCUT2D eigenvalue weighted by molar-refractivity contribution is 0.0870. The normalized spacial score (nSPS) is 11.9. The highest BCUT2D eigenvalue weighted by Crippen LogP contribution is 2.22. The van der Waals surface area contributed by atoms with Crippen LogP contribution in [0.1, 0.15) is 24.2 Å². The molecule has 18 heavy (non-hydrogen) atoms. The van der Waals surface area contributed by atoms with Crippen LogP contribution in [0, 0.1) is 0 Å². The van der Waals surface area contributed by atoms with E-state index in [0.29, 0.717) is 30.2 Å². The van der Waals surface area contributed by atoms with Crippen LogP contribution in [-0.2, 0) is 4.74 Å². The van der Waals surface area contributed by atoms with E-state index in [1.807, 2.05) is 13.8 Å². The molecule has 0 aliphatic heterocycles. The average molecular weight is 252 g/mol. The molecule has 1 atom stereocenters. The second kappa shape index (κ2) is 6.86. The van der Waals surface area contributed by atoms with Crippen LogP contribution in [0.25, 0.3) is 0 Å². The molecule has 0 radical (unpaired) electrons. The van der Waals surface area contributed by atoms with Gasteiger partial charge in [0, 0.05) is 19.2 Å². The van der Waals surface area contributed by atoms with Crippen LogP contribution in [-0.4, -0.2) is 32.3 Å². The minimum Gasteiger partial charge on any atom is -0.492 e. The van der Waals surface area contributed by atoms with E-state index in [-0.39, 0.29) is 12.0 Å². The number of nitrogens with one attached hydrogen (secondary N) is 1. The summed E-state index contributed by atoms with van der Waals surface area (Å²) < 4.78 is 10.4. The zero-order valence-corrected chi connectivity index (χ0v) is 11.0. The van der Waals surface area contributed by atoms with Crippen LogP contribution in [0.5, 0.6) is 5.75 Å². The summed E-state index contributed by atoms with van der Waals surface area (Å²) >= 11 is 0. The second-order valence-corrected chi connectivity index (χ2v) is 3.94. The first-order chi connectivity index (χ1) is 8.58. The van der Waals surface area contributed by atoms with E-state index in [9.17, 15) is 4.79 Å². The van der Waals surface area contributed by atoms with Crippen LogP contribution < -0.4 is 15.8 Å². The molecule has 0 spiro atoms. The molecule has 1 unspecified atom stereocenters. The maximum atomic E-state index is 11.8. The van der Waals surface area contributed by atoms with Gasteiger partial charge in [-0.15, -0.1) is 0 Å². The molecule has 0 saturated heterocycles. The van der Waals surface area contributed by atoms with Crippen molar-refractivity contribution in [1.29, 1.82) is 0 Å². The quantitative estimate of drug-likeness (QED) is 0.751. The lowest BCUT2D eigenvalue weighted by Crippen LogP contribution is -2.31. The minimum absolute atomic E-state index is 0.0194. The fourth-order valence-corrected chi connectivity index (χ4v) is 1.40. The summed E-state index contributed by atoms with van der Waals surface area (Å²) in [6, 6.07) is 5.00. The first-order valence-corrected chi connectivity index (χ1v) is 5.91. The molecule has 0 saturated carbocycles. The Morgan fingerprint density at radius 2 is 2.22 bits per heavy atom. The van der Waals surface area contributed by atoms with Gasteiger partial charge < -0.3 is 20.5 Å². The van der Waals surface area contributed by atoms with Gasteiger partial charge >= 0.3 is 0 Å². The summed E-state index contributed by atoms with van der Waals surface area (Å²) in [6.07, 6.45) is -0.0194. The van der Waals surface area contributed by atoms with Gasteiger partial charge in [0.05, 0.1) is 18.4 Å². The highest BCUT2D eigenvalue weighted by molar-refractivity contribution is 5.95. The zero-order valence-electron chi connectivity index (χ0n) is 11.0. The lowest BCUT2D eigenvalue weighted by atomic mass is 10.1. The summed E-state index contributed by atoms with van der Waals surface area (Å²) in [5, 5.41) is 2.77. The zero-order chi connectivity index (χ0) is 13.5. The number of benzene rings is 1. The van der Waals surface area contributed by atoms with Crippen LogP contribution in [0.3, 0.4) is 0 Å². The lowest BCUT2D eigenvalue weighted by Gasteiger charge is -2.12. The molecule has 0 aliphatic rings. The summed E-state index contributed by atoms with van der Waals surface area (Å²) in [5.41, 5.74) is 6.77. The van der Waals surface area contributed by atoms with Crippen molar-refractivity contribution < 1.29 is 14.3 Å². The van der Waals surface area contributed by atoms with Crippen molar-refractivity contribution in [1.82, 2.24) is 5.32 Å². The Hall–Kier alpha value is -1.75. The molecule has 0 aromatic heterocycles. The third-order valence-corrected chi connectivity index (χ3v) is 2.52. The number of carbonyl (C=O) groups excluding carboxylic acids is 1. The van der Waals surface area contributed by atoms with E-state index in [1.54, 1.807) is 25.3 Å². The number of nitrogens with two attached hydrogens (primary N) is 1. The molecular formula is C13H20N2O3. The SMILES string of the molecule is CCOc1ccc(C(=O)NCC(C)OC)cc1N. The Morgan fingerprint density at radius 1 is 1.50 bits per heavy atom. The van der Waals surface area contributed by atoms with Crippen LogP contribution in [0.2, 0.25) is 0 Å². The fourth-order valence-electron chi connectivity index (χ4n) is 1.40. The number of carbonyl (C=O) groups is 1. The Kier molecular flexibility index (Phi) is 5.45. The molecule has 0 fully saturated rings. The summed E-state index contributed by atoms with van der Waals surface area (Å²) in [4.78, 5) is 11.8. The largest absolute Gasteiger partial charge is 0.492 e. The van der Waals surface area contributed by atoms with Crippen molar-refractivity contribution in [3.8, 4) is 5.75 Å². The van der Waals surface area contributed by atoms with Crippen molar-refractivity contribution >= 4 is 11.6 Å². The molecule has 100 valence electrons. The summed E-state index contributed by atoms with van der Waals surface area (Å²) in [7, 11) is 1.60. The maximum Gasteiger partial charge on any atom is 0.251 e. The second-order valence-electron chi connectivity index (χ2n) is 3.94. The van der Waals surface area contributed by atoms with Gasteiger partial charge in [0.2, 0.25) is 0 Å². The van der Waals surface area contributed by atoms with Crippen molar-refractivity contribution in [2.45, 2.75) is 20.0 Å². The van der Waals surface area contributed by atoms with E-state index in [1.165, 1.54) is 0 Å². The molecule has 0 aliphatic carbocycles. The Labute approximate surface area is 107 Å². The molecule has 3 N–H and O–H groups in total. The van der Waals surface area contributed by atoms with Crippen molar-refractivity contribution in [2.24, 2.45) is 0 Å². The van der Waals surface area contributed by atoms with Crippen LogP contribution >= 0.6 is 0 Å². The standard InChI is InChI=1S/C13H20N2O3/c1-4-18-12-6-5-10(7-11(12)14)13(16)15-8-9(2)17-3/h5-7,9H,4,8,14H2,1-3H3,(H,15,16). The number of anilines is 1. The molecule has 1 aromatic rings. The first-order valence-electron chi connectivity index (χ1n) is 5.91. The van der Waals surface area contributed by atoms with E-state index in [4.69, 9.17) is 15.2 Å². The van der Waals surface area contributed by atoms with E-state index in [0.717, 1.165) is 0 Å². The summed E-state index contributed by atoms with van der Waals surface area (Å²) in [5.74, 6) is 0.424. The van der Waals surface area contributed by atoms with Gasteiger partial charge in [-0.3, -0.25) is 4.79 Å². The molecule has 1 amide bonds. The van der Waals surface area contributed by atoms with Gasteiger partial charge in [0.15, 0.2) is 0 Å². The molecule has 1 rings (SSSR count). The van der Waals surface area contributed by atoms with E-state index in [2.05, 4.69) is 5.32 Å². The van der Waals surface area contributed by atoms with Gasteiger partial charge in [-0.1, -0.05) is 0 Å². The predicted molar refractivity (Wildman–Crippen MR) is 70.8 cm³/mol. The van der Waals surface area contributed by atoms with Gasteiger partial charge in [-0.2, -0.15) is 0 Å². The van der Waals surface area contributed by atoms with Gasteiger partial charge in [-0.05, 0) is 32.0 Å². The monoisotopic (exact) mass is 252 g/mol. The number of ether oxygens (including phenoxy) is 2. The third-order valence-electron chi connectivity index (χ3n) is 2.52. The Bertz CT molecular complexity index is 407. The topological polar surface area (TPSA) is 73.6 Å². The number of rotatable bonds is 6. The number of methoxy groups -OCH3 is 1. The minimum atomic E-state index is -0.173. The highest BCUT2D eigenvalue weighted by Gasteiger charge is 2.09. The van der Waals surface area contributed by atoms with Gasteiger partial charge in [-0.25, -0.2) is 0 Å². The van der Waals surface area contributed by atoms with Gasteiger partial charge in [0.1, 0.15) is 5.75 Å². The Morgan fingerprint density at radius 3 is 2.78 bits per heavy atom. The number of hydrogen-bond donors (Lipinski definition) is 2. The molecule has 5 nitrogen and oxygen atoms in total. The van der Waals surface area contributed by atoms with Crippen LogP contribution in [0.4, 0.5) is 5.69 Å². The third kappa shape index (κ3) is 3.92. The Balaban J connectivity index is 2.66. The van der Waals surface area contributed by atoms with Crippen molar-refractivity contribution in [3.63, 3.8) is 0 Å². The molecule has 1 aromatic carbocycles. The molecule has 5 heteroatoms. The smallest absolute Gasteiger partial charge is 0.251 e. The van der Waals surface area contributed by atoms with Crippen LogP contribution in [0.15, 0.2) is 18.2 Å². The average Bonchev–Trinajstić information content (AvgIpc) is 2.38. The maximum absolute atomic E-state index is 11.8. The number of amides is 1. The predicted octanol–water partition coefficient (Wildman–Crippen LogP) is 1.43. The number of hydrogen-bond acceptors (Lipinski definition) is 4. The molecule has 0 bridgehead atoms. The number of nitrogen functional groups attached to an aromatic ring is 1.